The van der Waals surface area contributed by atoms with Crippen molar-refractivity contribution in [3.05, 3.63) is 11.6 Å². The fourth-order valence-corrected chi connectivity index (χ4v) is 2.34. The van der Waals surface area contributed by atoms with E-state index >= 15 is 0 Å². The molecule has 1 aliphatic rings. The molecule has 0 spiro atoms. The van der Waals surface area contributed by atoms with Gasteiger partial charge >= 0.3 is 0 Å². The van der Waals surface area contributed by atoms with Crippen molar-refractivity contribution >= 4 is 11.8 Å². The summed E-state index contributed by atoms with van der Waals surface area (Å²) in [6.45, 7) is 3.07. The summed E-state index contributed by atoms with van der Waals surface area (Å²) in [4.78, 5) is 0. The van der Waals surface area contributed by atoms with Gasteiger partial charge in [0.25, 0.3) is 0 Å². The van der Waals surface area contributed by atoms with Gasteiger partial charge in [0.2, 0.25) is 0 Å². The van der Waals surface area contributed by atoms with Gasteiger partial charge < -0.3 is 5.73 Å². The van der Waals surface area contributed by atoms with Gasteiger partial charge in [-0.3, -0.25) is 0 Å². The zero-order valence-electron chi connectivity index (χ0n) is 6.47. The lowest BCUT2D eigenvalue weighted by Gasteiger charge is -2.01. The van der Waals surface area contributed by atoms with Gasteiger partial charge in [0.15, 0.2) is 0 Å². The molecular formula is C8H15NS. The first-order chi connectivity index (χ1) is 4.84. The molecule has 1 aliphatic heterocycles. The highest BCUT2D eigenvalue weighted by atomic mass is 32.2. The monoisotopic (exact) mass is 157 g/mol. The Labute approximate surface area is 67.1 Å². The molecule has 0 aromatic rings. The molecule has 0 aromatic heterocycles. The first-order valence-electron chi connectivity index (χ1n) is 3.85. The zero-order valence-corrected chi connectivity index (χ0v) is 7.29. The van der Waals surface area contributed by atoms with Crippen LogP contribution in [0.2, 0.25) is 0 Å². The first kappa shape index (κ1) is 8.15. The summed E-state index contributed by atoms with van der Waals surface area (Å²) in [6, 6.07) is 0. The van der Waals surface area contributed by atoms with Crippen molar-refractivity contribution in [3.8, 4) is 0 Å². The van der Waals surface area contributed by atoms with E-state index in [1.54, 1.807) is 5.57 Å². The van der Waals surface area contributed by atoms with Crippen LogP contribution in [-0.2, 0) is 0 Å². The summed E-state index contributed by atoms with van der Waals surface area (Å²) in [5.41, 5.74) is 7.01. The van der Waals surface area contributed by atoms with Crippen molar-refractivity contribution in [3.63, 3.8) is 0 Å². The van der Waals surface area contributed by atoms with Crippen LogP contribution in [0.4, 0.5) is 0 Å². The molecule has 0 aliphatic carbocycles. The second-order valence-electron chi connectivity index (χ2n) is 2.62. The Hall–Kier alpha value is 0.0500. The van der Waals surface area contributed by atoms with Crippen LogP contribution in [-0.4, -0.2) is 17.5 Å². The normalized spacial score (nSPS) is 29.8. The second kappa shape index (κ2) is 4.04. The summed E-state index contributed by atoms with van der Waals surface area (Å²) in [5.74, 6) is 1.30. The Morgan fingerprint density at radius 2 is 2.60 bits per heavy atom. The van der Waals surface area contributed by atoms with E-state index < -0.39 is 0 Å². The van der Waals surface area contributed by atoms with Gasteiger partial charge in [-0.15, -0.1) is 0 Å². The third-order valence-corrected chi connectivity index (χ3v) is 3.10. The van der Waals surface area contributed by atoms with Crippen LogP contribution < -0.4 is 5.73 Å². The van der Waals surface area contributed by atoms with Crippen LogP contribution in [0.25, 0.3) is 0 Å². The molecule has 1 rings (SSSR count). The van der Waals surface area contributed by atoms with Crippen LogP contribution in [0, 0.1) is 0 Å². The summed E-state index contributed by atoms with van der Waals surface area (Å²) >= 11 is 2.05. The SMILES string of the molecule is CC1SCCC1=CCCN. The molecule has 0 amide bonds. The minimum absolute atomic E-state index is 0.756. The topological polar surface area (TPSA) is 26.0 Å². The van der Waals surface area contributed by atoms with E-state index in [0.717, 1.165) is 18.2 Å². The van der Waals surface area contributed by atoms with Crippen LogP contribution in [0.15, 0.2) is 11.6 Å². The first-order valence-corrected chi connectivity index (χ1v) is 4.90. The van der Waals surface area contributed by atoms with Crippen molar-refractivity contribution in [2.75, 3.05) is 12.3 Å². The third-order valence-electron chi connectivity index (χ3n) is 1.85. The van der Waals surface area contributed by atoms with E-state index in [-0.39, 0.29) is 0 Å². The maximum atomic E-state index is 5.40. The van der Waals surface area contributed by atoms with Gasteiger partial charge in [-0.25, -0.2) is 0 Å². The molecule has 1 atom stereocenters. The molecule has 1 nitrogen and oxygen atoms in total. The average Bonchev–Trinajstić information content (AvgIpc) is 2.31. The lowest BCUT2D eigenvalue weighted by Crippen LogP contribution is -1.98. The molecular weight excluding hydrogens is 142 g/mol. The number of rotatable bonds is 2. The van der Waals surface area contributed by atoms with Crippen LogP contribution in [0.3, 0.4) is 0 Å². The van der Waals surface area contributed by atoms with Crippen molar-refractivity contribution in [1.29, 1.82) is 0 Å². The molecule has 0 radical (unpaired) electrons. The Morgan fingerprint density at radius 1 is 1.80 bits per heavy atom. The largest absolute Gasteiger partial charge is 0.330 e. The van der Waals surface area contributed by atoms with Crippen molar-refractivity contribution in [2.45, 2.75) is 25.0 Å². The zero-order chi connectivity index (χ0) is 7.40. The lowest BCUT2D eigenvalue weighted by atomic mass is 10.1. The predicted molar refractivity (Wildman–Crippen MR) is 48.3 cm³/mol. The third kappa shape index (κ3) is 2.03. The van der Waals surface area contributed by atoms with Crippen molar-refractivity contribution < 1.29 is 0 Å². The molecule has 58 valence electrons. The van der Waals surface area contributed by atoms with Gasteiger partial charge in [0, 0.05) is 5.25 Å². The summed E-state index contributed by atoms with van der Waals surface area (Å²) in [6.07, 6.45) is 4.65. The highest BCUT2D eigenvalue weighted by molar-refractivity contribution is 8.00. The van der Waals surface area contributed by atoms with Gasteiger partial charge in [-0.1, -0.05) is 11.6 Å². The standard InChI is InChI=1S/C8H15NS/c1-7-8(3-2-5-9)4-6-10-7/h3,7H,2,4-6,9H2,1H3. The highest BCUT2D eigenvalue weighted by Gasteiger charge is 2.15. The maximum absolute atomic E-state index is 5.40. The summed E-state index contributed by atoms with van der Waals surface area (Å²) < 4.78 is 0. The Balaban J connectivity index is 2.38. The van der Waals surface area contributed by atoms with Gasteiger partial charge in [0.05, 0.1) is 0 Å². The summed E-state index contributed by atoms with van der Waals surface area (Å²) in [7, 11) is 0. The lowest BCUT2D eigenvalue weighted by molar-refractivity contribution is 0.960. The average molecular weight is 157 g/mol. The molecule has 0 bridgehead atoms. The number of nitrogens with two attached hydrogens (primary N) is 1. The molecule has 10 heavy (non-hydrogen) atoms. The molecule has 0 aromatic carbocycles. The number of hydrogen-bond donors (Lipinski definition) is 1. The fraction of sp³-hybridized carbons (Fsp3) is 0.750. The second-order valence-corrected chi connectivity index (χ2v) is 4.07. The van der Waals surface area contributed by atoms with Crippen LogP contribution >= 0.6 is 11.8 Å². The quantitative estimate of drug-likeness (QED) is 0.618. The smallest absolute Gasteiger partial charge is 0.0228 e. The molecule has 1 unspecified atom stereocenters. The summed E-state index contributed by atoms with van der Waals surface area (Å²) in [5, 5.41) is 0.756. The van der Waals surface area contributed by atoms with Gasteiger partial charge in [0.1, 0.15) is 0 Å². The molecule has 2 N–H and O–H groups in total. The highest BCUT2D eigenvalue weighted by Crippen LogP contribution is 2.30. The maximum Gasteiger partial charge on any atom is 0.0228 e. The minimum Gasteiger partial charge on any atom is -0.330 e. The van der Waals surface area contributed by atoms with Crippen LogP contribution in [0.1, 0.15) is 19.8 Å². The van der Waals surface area contributed by atoms with E-state index in [2.05, 4.69) is 13.0 Å². The molecule has 1 fully saturated rings. The number of thioether (sulfide) groups is 1. The Kier molecular flexibility index (Phi) is 3.29. The van der Waals surface area contributed by atoms with Crippen molar-refractivity contribution in [1.82, 2.24) is 0 Å². The van der Waals surface area contributed by atoms with E-state index in [4.69, 9.17) is 5.73 Å². The number of hydrogen-bond acceptors (Lipinski definition) is 2. The minimum atomic E-state index is 0.756. The molecule has 0 saturated carbocycles. The van der Waals surface area contributed by atoms with E-state index in [0.29, 0.717) is 0 Å². The van der Waals surface area contributed by atoms with Crippen molar-refractivity contribution in [2.24, 2.45) is 5.73 Å². The molecule has 1 saturated heterocycles. The molecule has 2 heteroatoms. The predicted octanol–water partition coefficient (Wildman–Crippen LogP) is 1.79. The van der Waals surface area contributed by atoms with E-state index in [9.17, 15) is 0 Å². The van der Waals surface area contributed by atoms with Crippen LogP contribution in [0.5, 0.6) is 0 Å². The Morgan fingerprint density at radius 3 is 3.10 bits per heavy atom. The van der Waals surface area contributed by atoms with Gasteiger partial charge in [-0.05, 0) is 32.1 Å². The molecule has 1 heterocycles. The fourth-order valence-electron chi connectivity index (χ4n) is 1.20. The van der Waals surface area contributed by atoms with Gasteiger partial charge in [-0.2, -0.15) is 11.8 Å². The van der Waals surface area contributed by atoms with E-state index in [1.165, 1.54) is 12.2 Å². The van der Waals surface area contributed by atoms with E-state index in [1.807, 2.05) is 11.8 Å². The Bertz CT molecular complexity index is 131.